The largest absolute Gasteiger partial charge is 0.494 e. The van der Waals surface area contributed by atoms with E-state index in [-0.39, 0.29) is 39.5 Å². The number of fused-ring (bicyclic) bond motifs is 4. The van der Waals surface area contributed by atoms with Gasteiger partial charge in [-0.25, -0.2) is 33.1 Å². The van der Waals surface area contributed by atoms with Crippen LogP contribution in [0.3, 0.4) is 0 Å². The smallest absolute Gasteiger partial charge is 0.258 e. The Kier molecular flexibility index (Phi) is 25.3. The minimum Gasteiger partial charge on any atom is -0.494 e. The lowest BCUT2D eigenvalue weighted by molar-refractivity contribution is 0.249. The van der Waals surface area contributed by atoms with Gasteiger partial charge in [-0.3, -0.25) is 36.8 Å². The molecule has 5 aliphatic rings. The van der Waals surface area contributed by atoms with Crippen molar-refractivity contribution in [2.45, 2.75) is 116 Å². The molecular weight excluding hydrogens is 1500 g/mol. The van der Waals surface area contributed by atoms with Crippen LogP contribution in [-0.2, 0) is 0 Å². The summed E-state index contributed by atoms with van der Waals surface area (Å²) in [6.45, 7) is 18.8. The van der Waals surface area contributed by atoms with Gasteiger partial charge in [-0.05, 0) is 245 Å². The van der Waals surface area contributed by atoms with Crippen LogP contribution in [0.1, 0.15) is 92.0 Å². The number of aromatic nitrogens is 8. The molecule has 27 heteroatoms. The number of ether oxygens (including phenoxy) is 5. The Bertz CT molecular complexity index is 5950. The van der Waals surface area contributed by atoms with Crippen molar-refractivity contribution in [3.63, 3.8) is 0 Å². The maximum Gasteiger partial charge on any atom is 0.258 e. The van der Waals surface area contributed by atoms with Gasteiger partial charge in [-0.15, -0.1) is 0 Å². The fourth-order valence-electron chi connectivity index (χ4n) is 16.3. The summed E-state index contributed by atoms with van der Waals surface area (Å²) in [7, 11) is 13.8. The number of hydrogen-bond acceptors (Lipinski definition) is 20. The minimum atomic E-state index is -0.484. The van der Waals surface area contributed by atoms with Crippen molar-refractivity contribution in [1.82, 2.24) is 58.0 Å². The van der Waals surface area contributed by atoms with Crippen molar-refractivity contribution < 1.29 is 36.9 Å². The van der Waals surface area contributed by atoms with Crippen LogP contribution in [0, 0.1) is 45.1 Å². The third kappa shape index (κ3) is 18.5. The van der Waals surface area contributed by atoms with Gasteiger partial charge in [0.1, 0.15) is 22.6 Å². The molecule has 0 unspecified atom stereocenters. The van der Waals surface area contributed by atoms with E-state index in [0.717, 1.165) is 148 Å². The molecule has 4 aromatic carbocycles. The van der Waals surface area contributed by atoms with Crippen LogP contribution < -0.4 is 71.3 Å². The molecule has 17 rings (SSSR count). The van der Waals surface area contributed by atoms with Crippen molar-refractivity contribution in [1.29, 1.82) is 0 Å². The number of piperidine rings is 3. The molecule has 1 saturated carbocycles. The highest BCUT2D eigenvalue weighted by Crippen LogP contribution is 2.36. The van der Waals surface area contributed by atoms with Crippen LogP contribution in [-0.4, -0.2) is 187 Å². The zero-order valence-corrected chi connectivity index (χ0v) is 69.4. The second-order valence-corrected chi connectivity index (χ2v) is 31.7. The number of nitrogens with zero attached hydrogens (tertiary/aromatic N) is 13. The normalized spacial score (nSPS) is 16.3. The Labute approximate surface area is 684 Å². The fourth-order valence-corrected chi connectivity index (χ4v) is 16.3. The molecule has 5 fully saturated rings. The quantitative estimate of drug-likeness (QED) is 0.0917. The standard InChI is InChI=1S/C25H30N4O3.C23H27FN4O2.C22H24FN3O2.C21H23FN4O2/c1-16-12-20(28-10-8-19(9-11-28)26-18-5-6-18)15-29-24(30)14-21(27-25(16)29)17-4-7-22(31-2)23(13-17)32-3;1-15-11-18(27-9-7-17(8-10-27)26(2)3)14-28-22(29)13-20(25-23(15)28)16-5-6-21(30-4)19(24)12-16;1-14-10-17(15-6-8-25(2)9-7-15)13-26-21(27)12-19(24-22(14)26)16-4-5-20(28-3)18(23)11-16;1-13-8-16(25-7-6-23-14(2)11-25)12-26-20(27)10-18(24-21(13)26)15-4-5-19(28-3)17(22)9-15/h4,7,12-15,18-19,26H,5-6,8-11H2,1-3H3;5-6,11-14,17H,7-10H2,1-4H3;4-5,10-13,15H,6-9H2,1-3H3;4-5,8-10,12,14,23H,6-7,11H2,1-3H3/t;;;14-/m...0/s1. The summed E-state index contributed by atoms with van der Waals surface area (Å²) in [4.78, 5) is 81.9. The highest BCUT2D eigenvalue weighted by atomic mass is 19.1. The molecule has 618 valence electrons. The van der Waals surface area contributed by atoms with E-state index in [4.69, 9.17) is 28.7 Å². The van der Waals surface area contributed by atoms with E-state index in [1.807, 2.05) is 70.7 Å². The lowest BCUT2D eigenvalue weighted by Crippen LogP contribution is -2.49. The summed E-state index contributed by atoms with van der Waals surface area (Å²) >= 11 is 0. The zero-order valence-electron chi connectivity index (χ0n) is 69.4. The van der Waals surface area contributed by atoms with Gasteiger partial charge in [0.2, 0.25) is 0 Å². The molecule has 1 aliphatic carbocycles. The van der Waals surface area contributed by atoms with Gasteiger partial charge in [-0.2, -0.15) is 0 Å². The minimum absolute atomic E-state index is 0.0879. The van der Waals surface area contributed by atoms with Crippen LogP contribution >= 0.6 is 0 Å². The van der Waals surface area contributed by atoms with E-state index in [0.29, 0.717) is 97.6 Å². The predicted octanol–water partition coefficient (Wildman–Crippen LogP) is 13.0. The number of rotatable bonds is 16. The molecule has 0 bridgehead atoms. The predicted molar refractivity (Wildman–Crippen MR) is 459 cm³/mol. The first-order chi connectivity index (χ1) is 56.8. The number of aryl methyl sites for hydroxylation is 4. The Morgan fingerprint density at radius 1 is 0.407 bits per heavy atom. The fraction of sp³-hybridized carbons (Fsp3) is 0.385. The van der Waals surface area contributed by atoms with Crippen LogP contribution in [0.5, 0.6) is 28.7 Å². The summed E-state index contributed by atoms with van der Waals surface area (Å²) in [5.41, 5.74) is 14.3. The highest BCUT2D eigenvalue weighted by Gasteiger charge is 2.29. The molecule has 4 aliphatic heterocycles. The molecule has 0 amide bonds. The molecular formula is C91H104F3N15O9. The second-order valence-electron chi connectivity index (χ2n) is 31.7. The average Bonchev–Trinajstić information content (AvgIpc) is 1.35. The first-order valence-electron chi connectivity index (χ1n) is 40.3. The molecule has 2 N–H and O–H groups in total. The Morgan fingerprint density at radius 3 is 1.14 bits per heavy atom. The van der Waals surface area contributed by atoms with Crippen molar-refractivity contribution in [3.05, 3.63) is 233 Å². The lowest BCUT2D eigenvalue weighted by Gasteiger charge is -2.36. The van der Waals surface area contributed by atoms with Crippen LogP contribution in [0.15, 0.2) is 165 Å². The van der Waals surface area contributed by atoms with E-state index in [2.05, 4.69) is 102 Å². The number of piperazine rings is 1. The maximum absolute atomic E-state index is 14.1. The molecule has 12 aromatic rings. The highest BCUT2D eigenvalue weighted by molar-refractivity contribution is 5.71. The van der Waals surface area contributed by atoms with Crippen molar-refractivity contribution in [3.8, 4) is 73.8 Å². The molecule has 4 saturated heterocycles. The van der Waals surface area contributed by atoms with E-state index in [1.165, 1.54) is 82.2 Å². The topological polar surface area (TPSA) is 224 Å². The van der Waals surface area contributed by atoms with Crippen molar-refractivity contribution >= 4 is 39.7 Å². The van der Waals surface area contributed by atoms with E-state index in [9.17, 15) is 32.3 Å². The summed E-state index contributed by atoms with van der Waals surface area (Å²) < 4.78 is 74.3. The third-order valence-electron chi connectivity index (χ3n) is 23.2. The van der Waals surface area contributed by atoms with E-state index in [1.54, 1.807) is 68.2 Å². The van der Waals surface area contributed by atoms with Crippen LogP contribution in [0.4, 0.5) is 30.2 Å². The number of nitrogens with one attached hydrogen (secondary N) is 2. The Balaban J connectivity index is 0.000000129. The van der Waals surface area contributed by atoms with Crippen LogP contribution in [0.2, 0.25) is 0 Å². The summed E-state index contributed by atoms with van der Waals surface area (Å²) in [6, 6.07) is 36.1. The summed E-state index contributed by atoms with van der Waals surface area (Å²) in [6.07, 6.45) is 16.9. The van der Waals surface area contributed by atoms with Crippen molar-refractivity contribution in [2.75, 3.05) is 130 Å². The van der Waals surface area contributed by atoms with Gasteiger partial charge in [0.25, 0.3) is 22.2 Å². The van der Waals surface area contributed by atoms with Crippen molar-refractivity contribution in [2.24, 2.45) is 0 Å². The number of pyridine rings is 4. The SMILES string of the molecule is COc1ccc(-c2cc(=O)n3cc(C4CCN(C)CC4)cc(C)c3n2)cc1F.COc1ccc(-c2cc(=O)n3cc(N4CCC(N(C)C)CC4)cc(C)c3n2)cc1F.COc1ccc(-c2cc(=O)n3cc(N4CCC(NC5CC5)CC4)cc(C)c3n2)cc1OC.COc1ccc(-c2cc(=O)n3cc(N4CCN[C@@H](C)C4)cc(C)c3n2)cc1F. The number of anilines is 3. The molecule has 24 nitrogen and oxygen atoms in total. The molecule has 12 heterocycles. The number of benzene rings is 4. The molecule has 1 atom stereocenters. The molecule has 118 heavy (non-hydrogen) atoms. The second kappa shape index (κ2) is 36.1. The van der Waals surface area contributed by atoms with Gasteiger partial charge in [-0.1, -0.05) is 6.07 Å². The van der Waals surface area contributed by atoms with E-state index < -0.39 is 17.5 Å². The molecule has 0 spiro atoms. The monoisotopic (exact) mass is 1610 g/mol. The van der Waals surface area contributed by atoms with E-state index >= 15 is 0 Å². The summed E-state index contributed by atoms with van der Waals surface area (Å²) in [5, 5.41) is 7.16. The molecule has 0 radical (unpaired) electrons. The van der Waals surface area contributed by atoms with Gasteiger partial charge < -0.3 is 58.8 Å². The third-order valence-corrected chi connectivity index (χ3v) is 23.2. The first-order valence-corrected chi connectivity index (χ1v) is 40.3. The zero-order chi connectivity index (χ0) is 83.3. The Hall–Kier alpha value is -11.7. The van der Waals surface area contributed by atoms with Gasteiger partial charge in [0.05, 0.1) is 75.4 Å². The van der Waals surface area contributed by atoms with Gasteiger partial charge in [0, 0.05) is 141 Å². The number of likely N-dealkylation sites (tertiary alicyclic amines) is 1. The first kappa shape index (κ1) is 82.9. The Morgan fingerprint density at radius 2 is 0.763 bits per heavy atom. The summed E-state index contributed by atoms with van der Waals surface area (Å²) in [5.74, 6) is 0.761. The van der Waals surface area contributed by atoms with Crippen LogP contribution in [0.25, 0.3) is 67.6 Å². The lowest BCUT2D eigenvalue weighted by atomic mass is 9.90. The molecule has 8 aromatic heterocycles. The van der Waals surface area contributed by atoms with Gasteiger partial charge >= 0.3 is 0 Å². The van der Waals surface area contributed by atoms with Gasteiger partial charge in [0.15, 0.2) is 46.2 Å². The average molecular weight is 1610 g/mol. The number of hydrogen-bond donors (Lipinski definition) is 2. The number of halogens is 3. The maximum atomic E-state index is 14.1. The number of methoxy groups -OCH3 is 5.